The van der Waals surface area contributed by atoms with Crippen LogP contribution < -0.4 is 9.80 Å². The van der Waals surface area contributed by atoms with E-state index in [0.29, 0.717) is 10.7 Å². The lowest BCUT2D eigenvalue weighted by Crippen LogP contribution is -2.47. The molecule has 0 amide bonds. The molecule has 3 heterocycles. The molecule has 0 saturated carbocycles. The van der Waals surface area contributed by atoms with Gasteiger partial charge in [-0.3, -0.25) is 0 Å². The molecule has 2 aromatic heterocycles. The molecule has 1 aliphatic heterocycles. The van der Waals surface area contributed by atoms with Gasteiger partial charge in [0.2, 0.25) is 9.84 Å². The Labute approximate surface area is 198 Å². The second-order valence-electron chi connectivity index (χ2n) is 7.96. The maximum Gasteiger partial charge on any atom is 0.213 e. The molecule has 0 atom stereocenters. The van der Waals surface area contributed by atoms with Crippen LogP contribution in [0.15, 0.2) is 81.5 Å². The molecule has 0 radical (unpaired) electrons. The van der Waals surface area contributed by atoms with E-state index in [9.17, 15) is 8.42 Å². The summed E-state index contributed by atoms with van der Waals surface area (Å²) in [6.07, 6.45) is 1.84. The van der Waals surface area contributed by atoms with Gasteiger partial charge in [0.25, 0.3) is 0 Å². The first-order chi connectivity index (χ1) is 16.0. The van der Waals surface area contributed by atoms with E-state index in [1.165, 1.54) is 17.4 Å². The van der Waals surface area contributed by atoms with Crippen LogP contribution in [-0.4, -0.2) is 55.5 Å². The normalized spacial score (nSPS) is 14.7. The maximum absolute atomic E-state index is 13.6. The van der Waals surface area contributed by atoms with Crippen molar-refractivity contribution in [2.24, 2.45) is 0 Å². The second-order valence-corrected chi connectivity index (χ2v) is 10.6. The zero-order chi connectivity index (χ0) is 23.0. The Morgan fingerprint density at radius 2 is 1.48 bits per heavy atom. The minimum Gasteiger partial charge on any atom is -0.368 e. The third-order valence-corrected chi connectivity index (χ3v) is 8.47. The summed E-state index contributed by atoms with van der Waals surface area (Å²) >= 11 is 1.32. The summed E-state index contributed by atoms with van der Waals surface area (Å²) in [5.74, 6) is 0.870. The molecular formula is C24H25N5O2S2. The van der Waals surface area contributed by atoms with Crippen molar-refractivity contribution in [1.29, 1.82) is 0 Å². The van der Waals surface area contributed by atoms with Gasteiger partial charge in [0.15, 0.2) is 10.5 Å². The lowest BCUT2D eigenvalue weighted by Gasteiger charge is -2.37. The third-order valence-electron chi connectivity index (χ3n) is 5.87. The quantitative estimate of drug-likeness (QED) is 0.402. The predicted molar refractivity (Wildman–Crippen MR) is 132 cm³/mol. The molecule has 2 aromatic carbocycles. The van der Waals surface area contributed by atoms with Crippen molar-refractivity contribution in [3.8, 4) is 0 Å². The number of rotatable bonds is 5. The zero-order valence-electron chi connectivity index (χ0n) is 18.5. The van der Waals surface area contributed by atoms with Gasteiger partial charge in [0, 0.05) is 43.6 Å². The number of hydrogen-bond acceptors (Lipinski definition) is 7. The number of para-hydroxylation sites is 1. The minimum atomic E-state index is -3.77. The van der Waals surface area contributed by atoms with E-state index >= 15 is 0 Å². The van der Waals surface area contributed by atoms with Crippen LogP contribution >= 0.6 is 11.8 Å². The van der Waals surface area contributed by atoms with Crippen molar-refractivity contribution in [3.63, 3.8) is 0 Å². The number of sulfone groups is 1. The standard InChI is InChI=1S/C24H25N5O2S2/c1-18-17-21(28-15-13-27(14-16-28)19-9-5-3-6-10-19)29-23(25-18)22(24(26-29)32-2)33(30,31)20-11-7-4-8-12-20/h3-12,17H,13-16H2,1-2H3. The highest BCUT2D eigenvalue weighted by Gasteiger charge is 2.30. The van der Waals surface area contributed by atoms with Gasteiger partial charge in [-0.25, -0.2) is 13.4 Å². The number of hydrogen-bond donors (Lipinski definition) is 0. The summed E-state index contributed by atoms with van der Waals surface area (Å²) in [7, 11) is -3.77. The highest BCUT2D eigenvalue weighted by Crippen LogP contribution is 2.34. The highest BCUT2D eigenvalue weighted by atomic mass is 32.2. The van der Waals surface area contributed by atoms with Gasteiger partial charge in [-0.15, -0.1) is 11.8 Å². The summed E-state index contributed by atoms with van der Waals surface area (Å²) in [6.45, 7) is 5.26. The Kier molecular flexibility index (Phi) is 5.76. The van der Waals surface area contributed by atoms with Crippen LogP contribution in [0.3, 0.4) is 0 Å². The number of aryl methyl sites for hydroxylation is 1. The average molecular weight is 480 g/mol. The fourth-order valence-electron chi connectivity index (χ4n) is 4.22. The zero-order valence-corrected chi connectivity index (χ0v) is 20.2. The van der Waals surface area contributed by atoms with Crippen molar-refractivity contribution in [3.05, 3.63) is 72.4 Å². The predicted octanol–water partition coefficient (Wildman–Crippen LogP) is 3.92. The summed E-state index contributed by atoms with van der Waals surface area (Å²) in [5.41, 5.74) is 2.36. The van der Waals surface area contributed by atoms with Crippen LogP contribution in [0.4, 0.5) is 11.5 Å². The van der Waals surface area contributed by atoms with Crippen molar-refractivity contribution in [2.75, 3.05) is 42.2 Å². The molecule has 1 saturated heterocycles. The largest absolute Gasteiger partial charge is 0.368 e. The molecular weight excluding hydrogens is 454 g/mol. The van der Waals surface area contributed by atoms with Crippen molar-refractivity contribution in [1.82, 2.24) is 14.6 Å². The van der Waals surface area contributed by atoms with Crippen LogP contribution in [0.5, 0.6) is 0 Å². The molecule has 1 fully saturated rings. The lowest BCUT2D eigenvalue weighted by molar-refractivity contribution is 0.594. The molecule has 7 nitrogen and oxygen atoms in total. The molecule has 4 aromatic rings. The van der Waals surface area contributed by atoms with Gasteiger partial charge in [0.1, 0.15) is 10.8 Å². The molecule has 1 aliphatic rings. The molecule has 5 rings (SSSR count). The number of anilines is 2. The van der Waals surface area contributed by atoms with Crippen molar-refractivity contribution >= 4 is 38.8 Å². The van der Waals surface area contributed by atoms with Gasteiger partial charge >= 0.3 is 0 Å². The van der Waals surface area contributed by atoms with E-state index in [2.05, 4.69) is 39.0 Å². The number of benzene rings is 2. The highest BCUT2D eigenvalue weighted by molar-refractivity contribution is 7.99. The van der Waals surface area contributed by atoms with Crippen LogP contribution in [0.1, 0.15) is 5.69 Å². The Bertz CT molecular complexity index is 1380. The van der Waals surface area contributed by atoms with Gasteiger partial charge in [-0.2, -0.15) is 9.61 Å². The first-order valence-corrected chi connectivity index (χ1v) is 13.5. The molecule has 0 unspecified atom stereocenters. The van der Waals surface area contributed by atoms with Crippen molar-refractivity contribution < 1.29 is 8.42 Å². The van der Waals surface area contributed by atoms with Gasteiger partial charge in [-0.05, 0) is 37.4 Å². The first kappa shape index (κ1) is 21.8. The molecule has 0 spiro atoms. The van der Waals surface area contributed by atoms with E-state index in [0.717, 1.165) is 37.7 Å². The van der Waals surface area contributed by atoms with Crippen LogP contribution in [0.25, 0.3) is 5.65 Å². The van der Waals surface area contributed by atoms with Gasteiger partial charge in [0.05, 0.1) is 4.90 Å². The fourth-order valence-corrected chi connectivity index (χ4v) is 6.64. The SMILES string of the molecule is CSc1nn2c(N3CCN(c4ccccc4)CC3)cc(C)nc2c1S(=O)(=O)c1ccccc1. The lowest BCUT2D eigenvalue weighted by atomic mass is 10.2. The number of nitrogens with zero attached hydrogens (tertiary/aromatic N) is 5. The Hall–Kier alpha value is -3.04. The smallest absolute Gasteiger partial charge is 0.213 e. The van der Waals surface area contributed by atoms with E-state index in [1.807, 2.05) is 25.3 Å². The summed E-state index contributed by atoms with van der Waals surface area (Å²) in [4.78, 5) is 9.67. The summed E-state index contributed by atoms with van der Waals surface area (Å²) in [6, 6.07) is 20.9. The van der Waals surface area contributed by atoms with E-state index in [-0.39, 0.29) is 9.79 Å². The summed E-state index contributed by atoms with van der Waals surface area (Å²) < 4.78 is 28.8. The topological polar surface area (TPSA) is 70.8 Å². The van der Waals surface area contributed by atoms with Crippen LogP contribution in [0, 0.1) is 6.92 Å². The molecule has 9 heteroatoms. The van der Waals surface area contributed by atoms with Crippen molar-refractivity contribution in [2.45, 2.75) is 21.7 Å². The van der Waals surface area contributed by atoms with Gasteiger partial charge in [-0.1, -0.05) is 36.4 Å². The number of fused-ring (bicyclic) bond motifs is 1. The van der Waals surface area contributed by atoms with Gasteiger partial charge < -0.3 is 9.80 Å². The maximum atomic E-state index is 13.6. The van der Waals surface area contributed by atoms with E-state index in [4.69, 9.17) is 5.10 Å². The van der Waals surface area contributed by atoms with Crippen LogP contribution in [-0.2, 0) is 9.84 Å². The molecule has 0 aliphatic carbocycles. The fraction of sp³-hybridized carbons (Fsp3) is 0.250. The molecule has 0 N–H and O–H groups in total. The number of thioether (sulfide) groups is 1. The molecule has 170 valence electrons. The Morgan fingerprint density at radius 3 is 2.12 bits per heavy atom. The average Bonchev–Trinajstić information content (AvgIpc) is 3.24. The minimum absolute atomic E-state index is 0.175. The molecule has 33 heavy (non-hydrogen) atoms. The number of aromatic nitrogens is 3. The van der Waals surface area contributed by atoms with Crippen LogP contribution in [0.2, 0.25) is 0 Å². The van der Waals surface area contributed by atoms with E-state index in [1.54, 1.807) is 34.8 Å². The summed E-state index contributed by atoms with van der Waals surface area (Å²) in [5, 5.41) is 5.16. The monoisotopic (exact) mass is 479 g/mol. The second kappa shape index (κ2) is 8.72. The van der Waals surface area contributed by atoms with E-state index < -0.39 is 9.84 Å². The third kappa shape index (κ3) is 3.95. The Morgan fingerprint density at radius 1 is 0.879 bits per heavy atom. The number of piperazine rings is 1. The Balaban J connectivity index is 1.56. The molecule has 0 bridgehead atoms. The first-order valence-electron chi connectivity index (χ1n) is 10.8.